The fraction of sp³-hybridized carbons (Fsp3) is 0.800. The highest BCUT2D eigenvalue weighted by Crippen LogP contribution is 2.08. The molecule has 0 amide bonds. The minimum atomic E-state index is -1.25. The molecule has 0 aromatic carbocycles. The van der Waals surface area contributed by atoms with E-state index >= 15 is 0 Å². The van der Waals surface area contributed by atoms with Gasteiger partial charge in [-0.05, 0) is 13.3 Å². The molecule has 0 aromatic heterocycles. The first-order chi connectivity index (χ1) is 6.00. The van der Waals surface area contributed by atoms with Gasteiger partial charge in [0, 0.05) is 6.61 Å². The summed E-state index contributed by atoms with van der Waals surface area (Å²) in [4.78, 5) is 21.0. The second-order valence-electron chi connectivity index (χ2n) is 2.76. The Kier molecular flexibility index (Phi) is 12.3. The topological polar surface area (TPSA) is 83.8 Å². The third-order valence-corrected chi connectivity index (χ3v) is 1.59. The molecule has 0 radical (unpaired) electrons. The van der Waals surface area contributed by atoms with Crippen LogP contribution in [0.4, 0.5) is 0 Å². The molecule has 2 N–H and O–H groups in total. The monoisotopic (exact) mass is 222 g/mol. The van der Waals surface area contributed by atoms with Crippen LogP contribution in [-0.4, -0.2) is 34.9 Å². The van der Waals surface area contributed by atoms with Gasteiger partial charge in [0.05, 0.1) is 5.92 Å². The van der Waals surface area contributed by atoms with Crippen LogP contribution in [0.25, 0.3) is 0 Å². The molecule has 5 nitrogen and oxygen atoms in total. The number of aliphatic carboxylic acids is 2. The summed E-state index contributed by atoms with van der Waals surface area (Å²) in [5.41, 5.74) is 0. The van der Waals surface area contributed by atoms with Crippen LogP contribution in [0.1, 0.15) is 35.1 Å². The first-order valence-electron chi connectivity index (χ1n) is 4.07. The van der Waals surface area contributed by atoms with Crippen molar-refractivity contribution >= 4 is 11.9 Å². The highest BCUT2D eigenvalue weighted by atomic mass is 16.5. The van der Waals surface area contributed by atoms with Crippen LogP contribution in [-0.2, 0) is 14.3 Å². The fourth-order valence-electron chi connectivity index (χ4n) is 0.804. The van der Waals surface area contributed by atoms with Crippen molar-refractivity contribution in [1.29, 1.82) is 0 Å². The van der Waals surface area contributed by atoms with E-state index < -0.39 is 24.0 Å². The van der Waals surface area contributed by atoms with Gasteiger partial charge in [0.1, 0.15) is 0 Å². The quantitative estimate of drug-likeness (QED) is 0.716. The van der Waals surface area contributed by atoms with Crippen molar-refractivity contribution in [3.8, 4) is 0 Å². The maximum Gasteiger partial charge on any atom is 0.333 e. The Morgan fingerprint density at radius 2 is 1.67 bits per heavy atom. The third kappa shape index (κ3) is 6.90. The summed E-state index contributed by atoms with van der Waals surface area (Å²) in [7, 11) is 0. The highest BCUT2D eigenvalue weighted by Gasteiger charge is 2.30. The number of ether oxygens (including phenoxy) is 1. The molecule has 0 fully saturated rings. The average molecular weight is 222 g/mol. The molecule has 92 valence electrons. The zero-order valence-electron chi connectivity index (χ0n) is 7.69. The van der Waals surface area contributed by atoms with E-state index in [1.54, 1.807) is 0 Å². The molecule has 2 unspecified atom stereocenters. The van der Waals surface area contributed by atoms with Crippen molar-refractivity contribution in [2.75, 3.05) is 6.61 Å². The van der Waals surface area contributed by atoms with Crippen LogP contribution in [0.5, 0.6) is 0 Å². The minimum absolute atomic E-state index is 0. The zero-order chi connectivity index (χ0) is 10.4. The number of carbonyl (C=O) groups is 2. The number of carboxylic acid groups (broad SMARTS) is 2. The van der Waals surface area contributed by atoms with E-state index in [2.05, 4.69) is 0 Å². The van der Waals surface area contributed by atoms with Crippen LogP contribution >= 0.6 is 0 Å². The van der Waals surface area contributed by atoms with Gasteiger partial charge in [0.25, 0.3) is 0 Å². The molecule has 0 saturated heterocycles. The van der Waals surface area contributed by atoms with Gasteiger partial charge in [-0.25, -0.2) is 4.79 Å². The second kappa shape index (κ2) is 9.45. The number of carboxylic acids is 2. The Hall–Kier alpha value is -1.10. The fourth-order valence-corrected chi connectivity index (χ4v) is 0.804. The minimum Gasteiger partial charge on any atom is -0.481 e. The molecule has 0 rings (SSSR count). The van der Waals surface area contributed by atoms with E-state index in [-0.39, 0.29) is 21.5 Å². The highest BCUT2D eigenvalue weighted by molar-refractivity contribution is 5.81. The molecule has 0 aliphatic rings. The predicted molar refractivity (Wildman–Crippen MR) is 57.9 cm³/mol. The number of hydrogen-bond donors (Lipinski definition) is 2. The van der Waals surface area contributed by atoms with Gasteiger partial charge in [-0.2, -0.15) is 0 Å². The van der Waals surface area contributed by atoms with Crippen molar-refractivity contribution in [3.05, 3.63) is 0 Å². The van der Waals surface area contributed by atoms with Crippen LogP contribution in [0.3, 0.4) is 0 Å². The van der Waals surface area contributed by atoms with Gasteiger partial charge in [-0.1, -0.05) is 21.8 Å². The van der Waals surface area contributed by atoms with Crippen molar-refractivity contribution in [2.45, 2.75) is 41.2 Å². The summed E-state index contributed by atoms with van der Waals surface area (Å²) >= 11 is 0. The molecule has 0 aliphatic carbocycles. The molecule has 5 heteroatoms. The van der Waals surface area contributed by atoms with E-state index in [0.717, 1.165) is 0 Å². The first kappa shape index (κ1) is 19.5. The smallest absolute Gasteiger partial charge is 0.333 e. The van der Waals surface area contributed by atoms with Crippen LogP contribution in [0.15, 0.2) is 0 Å². The summed E-state index contributed by atoms with van der Waals surface area (Å²) < 4.78 is 4.90. The van der Waals surface area contributed by atoms with Gasteiger partial charge in [0.15, 0.2) is 6.10 Å². The summed E-state index contributed by atoms with van der Waals surface area (Å²) in [6, 6.07) is 0. The summed E-state index contributed by atoms with van der Waals surface area (Å²) in [5.74, 6) is -3.42. The Morgan fingerprint density at radius 1 is 1.20 bits per heavy atom. The summed E-state index contributed by atoms with van der Waals surface area (Å²) in [6.07, 6.45) is -0.590. The molecule has 0 bridgehead atoms. The normalized spacial score (nSPS) is 12.9. The molecular formula is C10H22O5. The Morgan fingerprint density at radius 3 is 1.93 bits per heavy atom. The maximum absolute atomic E-state index is 10.6. The molecule has 0 heterocycles. The SMILES string of the molecule is C.C.CCCOC(C(=O)O)C(C)C(=O)O. The maximum atomic E-state index is 10.6. The lowest BCUT2D eigenvalue weighted by atomic mass is 10.1. The van der Waals surface area contributed by atoms with E-state index in [1.165, 1.54) is 6.92 Å². The van der Waals surface area contributed by atoms with E-state index in [0.29, 0.717) is 6.42 Å². The van der Waals surface area contributed by atoms with Crippen LogP contribution < -0.4 is 0 Å². The van der Waals surface area contributed by atoms with Gasteiger partial charge < -0.3 is 14.9 Å². The van der Waals surface area contributed by atoms with E-state index in [4.69, 9.17) is 14.9 Å². The van der Waals surface area contributed by atoms with Gasteiger partial charge in [-0.3, -0.25) is 4.79 Å². The molecule has 15 heavy (non-hydrogen) atoms. The summed E-state index contributed by atoms with van der Waals surface area (Å²) in [5, 5.41) is 17.2. The molecule has 0 saturated carbocycles. The van der Waals surface area contributed by atoms with Crippen LogP contribution in [0.2, 0.25) is 0 Å². The first-order valence-corrected chi connectivity index (χ1v) is 4.07. The van der Waals surface area contributed by atoms with Crippen LogP contribution in [0, 0.1) is 5.92 Å². The Balaban J connectivity index is -0.000000720. The van der Waals surface area contributed by atoms with Crippen molar-refractivity contribution in [2.24, 2.45) is 5.92 Å². The predicted octanol–water partition coefficient (Wildman–Crippen LogP) is 1.86. The lowest BCUT2D eigenvalue weighted by Gasteiger charge is -2.16. The van der Waals surface area contributed by atoms with Crippen molar-refractivity contribution in [1.82, 2.24) is 0 Å². The van der Waals surface area contributed by atoms with Gasteiger partial charge in [0.2, 0.25) is 0 Å². The lowest BCUT2D eigenvalue weighted by Crippen LogP contribution is -2.35. The number of hydrogen-bond acceptors (Lipinski definition) is 3. The second-order valence-corrected chi connectivity index (χ2v) is 2.76. The molecule has 2 atom stereocenters. The largest absolute Gasteiger partial charge is 0.481 e. The Bertz CT molecular complexity index is 190. The molecule has 0 spiro atoms. The van der Waals surface area contributed by atoms with E-state index in [1.807, 2.05) is 6.92 Å². The third-order valence-electron chi connectivity index (χ3n) is 1.59. The lowest BCUT2D eigenvalue weighted by molar-refractivity contribution is -0.163. The molecular weight excluding hydrogens is 200 g/mol. The van der Waals surface area contributed by atoms with Gasteiger partial charge in [-0.15, -0.1) is 0 Å². The van der Waals surface area contributed by atoms with Gasteiger partial charge >= 0.3 is 11.9 Å². The van der Waals surface area contributed by atoms with Crippen molar-refractivity contribution in [3.63, 3.8) is 0 Å². The van der Waals surface area contributed by atoms with Crippen molar-refractivity contribution < 1.29 is 24.5 Å². The average Bonchev–Trinajstić information content (AvgIpc) is 2.04. The standard InChI is InChI=1S/C8H14O5.2CH4/c1-3-4-13-6(8(11)12)5(2)7(9)10;;/h5-6H,3-4H2,1-2H3,(H,9,10)(H,11,12);2*1H4. The molecule has 0 aromatic rings. The Labute approximate surface area is 91.1 Å². The molecule has 0 aliphatic heterocycles. The number of rotatable bonds is 6. The van der Waals surface area contributed by atoms with E-state index in [9.17, 15) is 9.59 Å². The summed E-state index contributed by atoms with van der Waals surface area (Å²) in [6.45, 7) is 3.40. The zero-order valence-corrected chi connectivity index (χ0v) is 7.69.